The van der Waals surface area contributed by atoms with Gasteiger partial charge in [-0.1, -0.05) is 29.3 Å². The number of benzene rings is 2. The number of hydrogen-bond donors (Lipinski definition) is 2. The number of nitrogen functional groups attached to an aromatic ring is 1. The summed E-state index contributed by atoms with van der Waals surface area (Å²) < 4.78 is 13.1. The van der Waals surface area contributed by atoms with Gasteiger partial charge in [-0.25, -0.2) is 4.39 Å². The lowest BCUT2D eigenvalue weighted by Gasteiger charge is -2.12. The van der Waals surface area contributed by atoms with Crippen LogP contribution in [0.25, 0.3) is 0 Å². The Bertz CT molecular complexity index is 538. The first-order valence-corrected chi connectivity index (χ1v) is 5.59. The van der Waals surface area contributed by atoms with Gasteiger partial charge in [-0.3, -0.25) is 0 Å². The van der Waals surface area contributed by atoms with Crippen LogP contribution in [0.5, 0.6) is 0 Å². The van der Waals surface area contributed by atoms with Gasteiger partial charge in [0.2, 0.25) is 0 Å². The fourth-order valence-electron chi connectivity index (χ4n) is 1.39. The lowest BCUT2D eigenvalue weighted by molar-refractivity contribution is 0.628. The van der Waals surface area contributed by atoms with E-state index in [2.05, 4.69) is 5.32 Å². The van der Waals surface area contributed by atoms with Crippen LogP contribution >= 0.6 is 23.2 Å². The molecule has 2 aromatic rings. The molecule has 2 rings (SSSR count). The zero-order valence-electron chi connectivity index (χ0n) is 8.68. The summed E-state index contributed by atoms with van der Waals surface area (Å²) in [5, 5.41) is 3.81. The smallest absolute Gasteiger partial charge is 0.125 e. The summed E-state index contributed by atoms with van der Waals surface area (Å²) in [6.45, 7) is 0. The van der Waals surface area contributed by atoms with Crippen LogP contribution < -0.4 is 11.1 Å². The van der Waals surface area contributed by atoms with Crippen molar-refractivity contribution in [3.63, 3.8) is 0 Å². The Hall–Kier alpha value is -1.45. The van der Waals surface area contributed by atoms with Gasteiger partial charge in [0.15, 0.2) is 0 Å². The number of para-hydroxylation sites is 1. The molecule has 0 radical (unpaired) electrons. The Balaban J connectivity index is 2.41. The lowest BCUT2D eigenvalue weighted by Crippen LogP contribution is -1.98. The first kappa shape index (κ1) is 12.0. The van der Waals surface area contributed by atoms with E-state index in [1.54, 1.807) is 18.2 Å². The monoisotopic (exact) mass is 270 g/mol. The lowest BCUT2D eigenvalue weighted by atomic mass is 10.2. The van der Waals surface area contributed by atoms with Crippen LogP contribution in [-0.4, -0.2) is 0 Å². The first-order chi connectivity index (χ1) is 8.08. The zero-order chi connectivity index (χ0) is 12.4. The van der Waals surface area contributed by atoms with Crippen LogP contribution in [0.2, 0.25) is 10.0 Å². The van der Waals surface area contributed by atoms with Crippen molar-refractivity contribution in [1.29, 1.82) is 0 Å². The van der Waals surface area contributed by atoms with Gasteiger partial charge < -0.3 is 11.1 Å². The molecule has 3 N–H and O–H groups in total. The van der Waals surface area contributed by atoms with Crippen LogP contribution in [0.4, 0.5) is 21.5 Å². The average Bonchev–Trinajstić information content (AvgIpc) is 2.28. The molecule has 0 saturated heterocycles. The van der Waals surface area contributed by atoms with Crippen molar-refractivity contribution >= 4 is 40.3 Å². The van der Waals surface area contributed by atoms with E-state index in [0.29, 0.717) is 27.1 Å². The highest BCUT2D eigenvalue weighted by Crippen LogP contribution is 2.34. The minimum Gasteiger partial charge on any atom is -0.397 e. The predicted molar refractivity (Wildman–Crippen MR) is 70.6 cm³/mol. The molecule has 0 unspecified atom stereocenters. The van der Waals surface area contributed by atoms with Crippen molar-refractivity contribution in [3.8, 4) is 0 Å². The maximum absolute atomic E-state index is 13.1. The van der Waals surface area contributed by atoms with Gasteiger partial charge in [0, 0.05) is 0 Å². The maximum atomic E-state index is 13.1. The molecular weight excluding hydrogens is 262 g/mol. The molecule has 0 atom stereocenters. The second-order valence-corrected chi connectivity index (χ2v) is 4.27. The predicted octanol–water partition coefficient (Wildman–Crippen LogP) is 4.46. The third kappa shape index (κ3) is 2.62. The normalized spacial score (nSPS) is 10.3. The van der Waals surface area contributed by atoms with E-state index in [9.17, 15) is 4.39 Å². The molecule has 17 heavy (non-hydrogen) atoms. The molecule has 2 aromatic carbocycles. The second kappa shape index (κ2) is 4.82. The number of hydrogen-bond acceptors (Lipinski definition) is 2. The number of halogens is 3. The molecule has 0 aliphatic rings. The van der Waals surface area contributed by atoms with E-state index < -0.39 is 0 Å². The average molecular weight is 271 g/mol. The summed E-state index contributed by atoms with van der Waals surface area (Å²) in [5.41, 5.74) is 7.08. The van der Waals surface area contributed by atoms with Gasteiger partial charge >= 0.3 is 0 Å². The van der Waals surface area contributed by atoms with Gasteiger partial charge in [-0.15, -0.1) is 0 Å². The van der Waals surface area contributed by atoms with Gasteiger partial charge in [-0.05, 0) is 30.3 Å². The maximum Gasteiger partial charge on any atom is 0.125 e. The third-order valence-electron chi connectivity index (χ3n) is 2.24. The van der Waals surface area contributed by atoms with E-state index >= 15 is 0 Å². The van der Waals surface area contributed by atoms with E-state index in [-0.39, 0.29) is 5.82 Å². The summed E-state index contributed by atoms with van der Waals surface area (Å²) in [7, 11) is 0. The van der Waals surface area contributed by atoms with E-state index in [4.69, 9.17) is 28.9 Å². The van der Waals surface area contributed by atoms with Crippen molar-refractivity contribution in [1.82, 2.24) is 0 Å². The number of anilines is 3. The SMILES string of the molecule is Nc1ccc(F)cc1Nc1c(Cl)cccc1Cl. The van der Waals surface area contributed by atoms with Crippen LogP contribution in [0.15, 0.2) is 36.4 Å². The summed E-state index contributed by atoms with van der Waals surface area (Å²) >= 11 is 12.0. The fraction of sp³-hybridized carbons (Fsp3) is 0. The minimum atomic E-state index is -0.384. The van der Waals surface area contributed by atoms with E-state index in [1.807, 2.05) is 0 Å². The van der Waals surface area contributed by atoms with Crippen molar-refractivity contribution in [2.75, 3.05) is 11.1 Å². The molecule has 0 saturated carbocycles. The largest absolute Gasteiger partial charge is 0.397 e. The highest BCUT2D eigenvalue weighted by Gasteiger charge is 2.08. The quantitative estimate of drug-likeness (QED) is 0.791. The van der Waals surface area contributed by atoms with Crippen molar-refractivity contribution in [2.24, 2.45) is 0 Å². The topological polar surface area (TPSA) is 38.0 Å². The standard InChI is InChI=1S/C12H9Cl2FN2/c13-8-2-1-3-9(14)12(8)17-11-6-7(15)4-5-10(11)16/h1-6,17H,16H2. The molecule has 0 fully saturated rings. The van der Waals surface area contributed by atoms with E-state index in [1.165, 1.54) is 18.2 Å². The van der Waals surface area contributed by atoms with Crippen molar-refractivity contribution < 1.29 is 4.39 Å². The first-order valence-electron chi connectivity index (χ1n) is 4.84. The van der Waals surface area contributed by atoms with Crippen molar-refractivity contribution in [2.45, 2.75) is 0 Å². The fourth-order valence-corrected chi connectivity index (χ4v) is 1.88. The van der Waals surface area contributed by atoms with Crippen LogP contribution in [-0.2, 0) is 0 Å². The van der Waals surface area contributed by atoms with Crippen LogP contribution in [0, 0.1) is 5.82 Å². The van der Waals surface area contributed by atoms with E-state index in [0.717, 1.165) is 0 Å². The Labute approximate surface area is 108 Å². The molecule has 88 valence electrons. The zero-order valence-corrected chi connectivity index (χ0v) is 10.2. The number of nitrogens with two attached hydrogens (primary N) is 1. The Kier molecular flexibility index (Phi) is 3.41. The highest BCUT2D eigenvalue weighted by molar-refractivity contribution is 6.39. The summed E-state index contributed by atoms with van der Waals surface area (Å²) in [4.78, 5) is 0. The Morgan fingerprint density at radius 3 is 2.35 bits per heavy atom. The molecule has 0 aliphatic heterocycles. The van der Waals surface area contributed by atoms with Gasteiger partial charge in [0.1, 0.15) is 5.82 Å². The molecule has 0 spiro atoms. The van der Waals surface area contributed by atoms with Gasteiger partial charge in [0.25, 0.3) is 0 Å². The minimum absolute atomic E-state index is 0.384. The highest BCUT2D eigenvalue weighted by atomic mass is 35.5. The molecule has 0 aromatic heterocycles. The third-order valence-corrected chi connectivity index (χ3v) is 2.87. The Morgan fingerprint density at radius 1 is 1.06 bits per heavy atom. The molecule has 0 aliphatic carbocycles. The molecule has 0 amide bonds. The Morgan fingerprint density at radius 2 is 1.71 bits per heavy atom. The number of rotatable bonds is 2. The summed E-state index contributed by atoms with van der Waals surface area (Å²) in [6.07, 6.45) is 0. The van der Waals surface area contributed by atoms with Gasteiger partial charge in [-0.2, -0.15) is 0 Å². The summed E-state index contributed by atoms with van der Waals surface area (Å²) in [6, 6.07) is 9.15. The van der Waals surface area contributed by atoms with Crippen LogP contribution in [0.3, 0.4) is 0 Å². The molecule has 5 heteroatoms. The van der Waals surface area contributed by atoms with Gasteiger partial charge in [0.05, 0.1) is 27.1 Å². The number of nitrogens with one attached hydrogen (secondary N) is 1. The molecule has 0 heterocycles. The second-order valence-electron chi connectivity index (χ2n) is 3.45. The van der Waals surface area contributed by atoms with Crippen LogP contribution in [0.1, 0.15) is 0 Å². The van der Waals surface area contributed by atoms with Crippen molar-refractivity contribution in [3.05, 3.63) is 52.3 Å². The molecule has 2 nitrogen and oxygen atoms in total. The molecule has 0 bridgehead atoms. The molecular formula is C12H9Cl2FN2. The summed E-state index contributed by atoms with van der Waals surface area (Å²) in [5.74, 6) is -0.384.